The van der Waals surface area contributed by atoms with Gasteiger partial charge in [-0.25, -0.2) is 0 Å². The van der Waals surface area contributed by atoms with Crippen LogP contribution in [0.1, 0.15) is 24.4 Å². The van der Waals surface area contributed by atoms with Crippen LogP contribution in [0.5, 0.6) is 0 Å². The lowest BCUT2D eigenvalue weighted by atomic mass is 9.98. The van der Waals surface area contributed by atoms with Gasteiger partial charge in [0.05, 0.1) is 0 Å². The molecule has 1 atom stereocenters. The number of rotatable bonds is 1. The summed E-state index contributed by atoms with van der Waals surface area (Å²) >= 11 is 0. The first-order valence-electron chi connectivity index (χ1n) is 5.66. The molecule has 0 aliphatic carbocycles. The van der Waals surface area contributed by atoms with Crippen LogP contribution in [0.3, 0.4) is 0 Å². The second-order valence-electron chi connectivity index (χ2n) is 4.22. The Morgan fingerprint density at radius 2 is 1.81 bits per heavy atom. The van der Waals surface area contributed by atoms with E-state index in [2.05, 4.69) is 47.8 Å². The van der Waals surface area contributed by atoms with E-state index in [9.17, 15) is 0 Å². The summed E-state index contributed by atoms with van der Waals surface area (Å²) in [4.78, 5) is 0. The first-order chi connectivity index (χ1) is 7.45. The molecular formula is C14H16ClN. The molecule has 2 aromatic rings. The molecule has 0 saturated carbocycles. The van der Waals surface area contributed by atoms with Crippen molar-refractivity contribution in [3.8, 4) is 0 Å². The molecular weight excluding hydrogens is 218 g/mol. The Morgan fingerprint density at radius 1 is 1.00 bits per heavy atom. The standard InChI is InChI=1S/C14H15N.ClH/c1-2-7-12-11(5-1)6-3-8-13(12)14-9-4-10-15-14;/h1-3,5-8,14-15H,4,9-10H2;1H/t14-;/m0./s1. The Labute approximate surface area is 102 Å². The summed E-state index contributed by atoms with van der Waals surface area (Å²) in [5.41, 5.74) is 1.46. The van der Waals surface area contributed by atoms with E-state index >= 15 is 0 Å². The minimum Gasteiger partial charge on any atom is -0.310 e. The van der Waals surface area contributed by atoms with Gasteiger partial charge in [-0.2, -0.15) is 0 Å². The van der Waals surface area contributed by atoms with Crippen molar-refractivity contribution in [1.82, 2.24) is 5.32 Å². The number of halogens is 1. The maximum Gasteiger partial charge on any atom is 0.0326 e. The summed E-state index contributed by atoms with van der Waals surface area (Å²) in [6.07, 6.45) is 2.57. The third-order valence-electron chi connectivity index (χ3n) is 3.26. The van der Waals surface area contributed by atoms with Gasteiger partial charge >= 0.3 is 0 Å². The van der Waals surface area contributed by atoms with E-state index in [-0.39, 0.29) is 12.4 Å². The van der Waals surface area contributed by atoms with E-state index in [0.717, 1.165) is 6.54 Å². The molecule has 1 nitrogen and oxygen atoms in total. The van der Waals surface area contributed by atoms with Gasteiger partial charge in [-0.15, -0.1) is 12.4 Å². The summed E-state index contributed by atoms with van der Waals surface area (Å²) in [6, 6.07) is 15.8. The fourth-order valence-electron chi connectivity index (χ4n) is 2.50. The van der Waals surface area contributed by atoms with Crippen LogP contribution in [0.25, 0.3) is 10.8 Å². The number of benzene rings is 2. The smallest absolute Gasteiger partial charge is 0.0326 e. The van der Waals surface area contributed by atoms with Crippen LogP contribution < -0.4 is 5.32 Å². The Balaban J connectivity index is 0.000000963. The monoisotopic (exact) mass is 233 g/mol. The Hall–Kier alpha value is -1.05. The number of fused-ring (bicyclic) bond motifs is 1. The zero-order valence-electron chi connectivity index (χ0n) is 9.15. The van der Waals surface area contributed by atoms with Crippen LogP contribution in [0.4, 0.5) is 0 Å². The zero-order valence-corrected chi connectivity index (χ0v) is 9.96. The molecule has 0 unspecified atom stereocenters. The van der Waals surface area contributed by atoms with Gasteiger partial charge in [0.25, 0.3) is 0 Å². The van der Waals surface area contributed by atoms with Crippen LogP contribution in [-0.2, 0) is 0 Å². The van der Waals surface area contributed by atoms with Crippen LogP contribution in [0, 0.1) is 0 Å². The van der Waals surface area contributed by atoms with Crippen LogP contribution in [0.15, 0.2) is 42.5 Å². The maximum absolute atomic E-state index is 3.57. The average molecular weight is 234 g/mol. The Bertz CT molecular complexity index is 470. The SMILES string of the molecule is Cl.c1ccc2c([C@@H]3CCCN3)cccc2c1. The fourth-order valence-corrected chi connectivity index (χ4v) is 2.50. The predicted octanol–water partition coefficient (Wildman–Crippen LogP) is 3.69. The topological polar surface area (TPSA) is 12.0 Å². The Kier molecular flexibility index (Phi) is 3.47. The number of hydrogen-bond acceptors (Lipinski definition) is 1. The minimum atomic E-state index is 0. The highest BCUT2D eigenvalue weighted by atomic mass is 35.5. The lowest BCUT2D eigenvalue weighted by Gasteiger charge is -2.13. The van der Waals surface area contributed by atoms with Crippen molar-refractivity contribution in [2.45, 2.75) is 18.9 Å². The summed E-state index contributed by atoms with van der Waals surface area (Å²) in [5, 5.41) is 6.32. The van der Waals surface area contributed by atoms with Gasteiger partial charge in [0, 0.05) is 6.04 Å². The molecule has 3 rings (SSSR count). The van der Waals surface area contributed by atoms with Crippen LogP contribution in [-0.4, -0.2) is 6.54 Å². The molecule has 0 bridgehead atoms. The number of hydrogen-bond donors (Lipinski definition) is 1. The summed E-state index contributed by atoms with van der Waals surface area (Å²) in [5.74, 6) is 0. The molecule has 0 spiro atoms. The van der Waals surface area contributed by atoms with Crippen molar-refractivity contribution in [2.75, 3.05) is 6.54 Å². The van der Waals surface area contributed by atoms with Gasteiger partial charge in [-0.05, 0) is 35.7 Å². The predicted molar refractivity (Wildman–Crippen MR) is 71.2 cm³/mol. The lowest BCUT2D eigenvalue weighted by Crippen LogP contribution is -2.12. The molecule has 0 amide bonds. The van der Waals surface area contributed by atoms with Crippen molar-refractivity contribution in [1.29, 1.82) is 0 Å². The van der Waals surface area contributed by atoms with E-state index in [4.69, 9.17) is 0 Å². The third-order valence-corrected chi connectivity index (χ3v) is 3.26. The number of nitrogens with one attached hydrogen (secondary N) is 1. The quantitative estimate of drug-likeness (QED) is 0.792. The molecule has 84 valence electrons. The minimum absolute atomic E-state index is 0. The third kappa shape index (κ3) is 1.93. The first-order valence-corrected chi connectivity index (χ1v) is 5.66. The maximum atomic E-state index is 3.57. The molecule has 1 N–H and O–H groups in total. The average Bonchev–Trinajstić information content (AvgIpc) is 2.82. The molecule has 1 heterocycles. The van der Waals surface area contributed by atoms with Gasteiger partial charge in [-0.3, -0.25) is 0 Å². The van der Waals surface area contributed by atoms with Gasteiger partial charge < -0.3 is 5.32 Å². The first kappa shape index (κ1) is 11.4. The molecule has 1 fully saturated rings. The van der Waals surface area contributed by atoms with E-state index in [1.165, 1.54) is 29.2 Å². The molecule has 1 aliphatic rings. The summed E-state index contributed by atoms with van der Waals surface area (Å²) < 4.78 is 0. The van der Waals surface area contributed by atoms with Gasteiger partial charge in [-0.1, -0.05) is 42.5 Å². The van der Waals surface area contributed by atoms with Crippen molar-refractivity contribution >= 4 is 23.2 Å². The molecule has 2 heteroatoms. The molecule has 1 aliphatic heterocycles. The van der Waals surface area contributed by atoms with Crippen LogP contribution >= 0.6 is 12.4 Å². The molecule has 2 aromatic carbocycles. The molecule has 0 aromatic heterocycles. The lowest BCUT2D eigenvalue weighted by molar-refractivity contribution is 0.653. The van der Waals surface area contributed by atoms with Gasteiger partial charge in [0.15, 0.2) is 0 Å². The van der Waals surface area contributed by atoms with Crippen molar-refractivity contribution in [3.63, 3.8) is 0 Å². The van der Waals surface area contributed by atoms with Crippen molar-refractivity contribution in [3.05, 3.63) is 48.0 Å². The van der Waals surface area contributed by atoms with Gasteiger partial charge in [0.2, 0.25) is 0 Å². The summed E-state index contributed by atoms with van der Waals surface area (Å²) in [6.45, 7) is 1.16. The largest absolute Gasteiger partial charge is 0.310 e. The van der Waals surface area contributed by atoms with Crippen molar-refractivity contribution in [2.24, 2.45) is 0 Å². The second-order valence-corrected chi connectivity index (χ2v) is 4.22. The normalized spacial score (nSPS) is 19.6. The highest BCUT2D eigenvalue weighted by Crippen LogP contribution is 2.29. The van der Waals surface area contributed by atoms with Crippen molar-refractivity contribution < 1.29 is 0 Å². The fraction of sp³-hybridized carbons (Fsp3) is 0.286. The highest BCUT2D eigenvalue weighted by molar-refractivity contribution is 5.86. The molecule has 16 heavy (non-hydrogen) atoms. The Morgan fingerprint density at radius 3 is 2.62 bits per heavy atom. The van der Waals surface area contributed by atoms with Crippen LogP contribution in [0.2, 0.25) is 0 Å². The second kappa shape index (κ2) is 4.86. The van der Waals surface area contributed by atoms with Gasteiger partial charge in [0.1, 0.15) is 0 Å². The highest BCUT2D eigenvalue weighted by Gasteiger charge is 2.17. The van der Waals surface area contributed by atoms with E-state index in [0.29, 0.717) is 6.04 Å². The molecule has 0 radical (unpaired) electrons. The van der Waals surface area contributed by atoms with E-state index in [1.54, 1.807) is 0 Å². The van der Waals surface area contributed by atoms with E-state index < -0.39 is 0 Å². The summed E-state index contributed by atoms with van der Waals surface area (Å²) in [7, 11) is 0. The molecule has 1 saturated heterocycles. The van der Waals surface area contributed by atoms with E-state index in [1.807, 2.05) is 0 Å². The zero-order chi connectivity index (χ0) is 10.1.